The molecule has 0 saturated carbocycles. The van der Waals surface area contributed by atoms with Gasteiger partial charge in [-0.05, 0) is 25.8 Å². The van der Waals surface area contributed by atoms with E-state index >= 15 is 0 Å². The quantitative estimate of drug-likeness (QED) is 0.494. The summed E-state index contributed by atoms with van der Waals surface area (Å²) in [5, 5.41) is 3.32. The van der Waals surface area contributed by atoms with Gasteiger partial charge in [0, 0.05) is 26.9 Å². The minimum absolute atomic E-state index is 0.800. The van der Waals surface area contributed by atoms with Gasteiger partial charge in [0.1, 0.15) is 0 Å². The molecule has 0 aliphatic carbocycles. The molecule has 0 aliphatic heterocycles. The molecule has 3 heteroatoms. The Morgan fingerprint density at radius 1 is 0.812 bits per heavy atom. The number of methoxy groups -OCH3 is 1. The Balaban J connectivity index is 2.83. The zero-order chi connectivity index (χ0) is 11.9. The third-order valence-corrected chi connectivity index (χ3v) is 2.52. The second-order valence-electron chi connectivity index (χ2n) is 4.12. The van der Waals surface area contributed by atoms with Crippen LogP contribution in [0.4, 0.5) is 0 Å². The number of nitrogens with one attached hydrogen (secondary N) is 1. The Labute approximate surface area is 101 Å². The summed E-state index contributed by atoms with van der Waals surface area (Å²) in [6.45, 7) is 6.91. The third-order valence-electron chi connectivity index (χ3n) is 2.52. The molecule has 0 aromatic rings. The van der Waals surface area contributed by atoms with E-state index in [0.29, 0.717) is 0 Å². The number of hydrogen-bond donors (Lipinski definition) is 1. The number of unbranched alkanes of at least 4 members (excludes halogenated alkanes) is 4. The van der Waals surface area contributed by atoms with E-state index in [1.54, 1.807) is 7.11 Å². The minimum Gasteiger partial charge on any atom is -0.383 e. The lowest BCUT2D eigenvalue weighted by Gasteiger charge is -2.05. The molecule has 1 N–H and O–H groups in total. The van der Waals surface area contributed by atoms with Crippen LogP contribution >= 0.6 is 0 Å². The lowest BCUT2D eigenvalue weighted by Crippen LogP contribution is -2.20. The highest BCUT2D eigenvalue weighted by molar-refractivity contribution is 4.47. The molecule has 0 unspecified atom stereocenters. The van der Waals surface area contributed by atoms with Crippen molar-refractivity contribution in [3.05, 3.63) is 0 Å². The van der Waals surface area contributed by atoms with Gasteiger partial charge in [-0.25, -0.2) is 0 Å². The Bertz CT molecular complexity index is 107. The first-order valence-corrected chi connectivity index (χ1v) is 6.69. The molecular weight excluding hydrogens is 202 g/mol. The van der Waals surface area contributed by atoms with Crippen molar-refractivity contribution in [2.24, 2.45) is 0 Å². The van der Waals surface area contributed by atoms with Crippen LogP contribution in [0.2, 0.25) is 0 Å². The van der Waals surface area contributed by atoms with Crippen LogP contribution in [0.1, 0.15) is 45.4 Å². The second-order valence-corrected chi connectivity index (χ2v) is 4.12. The topological polar surface area (TPSA) is 30.5 Å². The van der Waals surface area contributed by atoms with E-state index in [4.69, 9.17) is 9.47 Å². The third kappa shape index (κ3) is 13.9. The highest BCUT2D eigenvalue weighted by atomic mass is 16.5. The predicted molar refractivity (Wildman–Crippen MR) is 68.9 cm³/mol. The summed E-state index contributed by atoms with van der Waals surface area (Å²) in [7, 11) is 1.73. The minimum atomic E-state index is 0.800. The second kappa shape index (κ2) is 14.9. The van der Waals surface area contributed by atoms with Crippen molar-refractivity contribution >= 4 is 0 Å². The highest BCUT2D eigenvalue weighted by Gasteiger charge is 1.91. The first-order valence-electron chi connectivity index (χ1n) is 6.69. The van der Waals surface area contributed by atoms with E-state index in [9.17, 15) is 0 Å². The fourth-order valence-corrected chi connectivity index (χ4v) is 1.49. The van der Waals surface area contributed by atoms with Crippen molar-refractivity contribution in [1.29, 1.82) is 0 Å². The summed E-state index contributed by atoms with van der Waals surface area (Å²) >= 11 is 0. The largest absolute Gasteiger partial charge is 0.383 e. The van der Waals surface area contributed by atoms with Gasteiger partial charge in [-0.1, -0.05) is 26.2 Å². The Morgan fingerprint density at radius 3 is 2.25 bits per heavy atom. The smallest absolute Gasteiger partial charge is 0.0587 e. The molecule has 0 rings (SSSR count). The van der Waals surface area contributed by atoms with Crippen LogP contribution in [-0.2, 0) is 9.47 Å². The lowest BCUT2D eigenvalue weighted by molar-refractivity contribution is 0.126. The van der Waals surface area contributed by atoms with Crippen molar-refractivity contribution < 1.29 is 9.47 Å². The summed E-state index contributed by atoms with van der Waals surface area (Å²) in [5.41, 5.74) is 0. The van der Waals surface area contributed by atoms with E-state index in [1.807, 2.05) is 0 Å². The first-order chi connectivity index (χ1) is 7.91. The van der Waals surface area contributed by atoms with E-state index in [0.717, 1.165) is 39.3 Å². The summed E-state index contributed by atoms with van der Waals surface area (Å²) in [5.74, 6) is 0. The molecule has 98 valence electrons. The fourth-order valence-electron chi connectivity index (χ4n) is 1.49. The standard InChI is InChI=1S/C13H29NO2/c1-3-4-5-7-11-16-12-8-6-9-14-10-13-15-2/h14H,3-13H2,1-2H3. The van der Waals surface area contributed by atoms with Crippen LogP contribution in [0.5, 0.6) is 0 Å². The summed E-state index contributed by atoms with van der Waals surface area (Å²) < 4.78 is 10.5. The monoisotopic (exact) mass is 231 g/mol. The molecule has 0 aliphatic rings. The van der Waals surface area contributed by atoms with Gasteiger partial charge < -0.3 is 14.8 Å². The molecule has 0 aromatic heterocycles. The van der Waals surface area contributed by atoms with Gasteiger partial charge >= 0.3 is 0 Å². The number of ether oxygens (including phenoxy) is 2. The summed E-state index contributed by atoms with van der Waals surface area (Å²) in [6.07, 6.45) is 7.53. The number of rotatable bonds is 13. The van der Waals surface area contributed by atoms with Crippen molar-refractivity contribution in [2.75, 3.05) is 40.0 Å². The maximum atomic E-state index is 5.56. The van der Waals surface area contributed by atoms with Gasteiger partial charge in [-0.3, -0.25) is 0 Å². The Kier molecular flexibility index (Phi) is 14.8. The molecule has 0 amide bonds. The van der Waals surface area contributed by atoms with Gasteiger partial charge in [0.15, 0.2) is 0 Å². The number of hydrogen-bond acceptors (Lipinski definition) is 3. The molecule has 0 atom stereocenters. The zero-order valence-corrected chi connectivity index (χ0v) is 11.1. The SMILES string of the molecule is CCCCCCOCCCCNCCOC. The average molecular weight is 231 g/mol. The maximum absolute atomic E-state index is 5.56. The van der Waals surface area contributed by atoms with E-state index in [-0.39, 0.29) is 0 Å². The molecule has 0 heterocycles. The Morgan fingerprint density at radius 2 is 1.56 bits per heavy atom. The van der Waals surface area contributed by atoms with E-state index < -0.39 is 0 Å². The fraction of sp³-hybridized carbons (Fsp3) is 1.00. The molecule has 0 radical (unpaired) electrons. The zero-order valence-electron chi connectivity index (χ0n) is 11.1. The van der Waals surface area contributed by atoms with E-state index in [1.165, 1.54) is 32.1 Å². The van der Waals surface area contributed by atoms with Crippen LogP contribution in [0.25, 0.3) is 0 Å². The van der Waals surface area contributed by atoms with Crippen LogP contribution in [0.3, 0.4) is 0 Å². The molecule has 0 bridgehead atoms. The molecule has 0 fully saturated rings. The normalized spacial score (nSPS) is 10.9. The van der Waals surface area contributed by atoms with Gasteiger partial charge in [-0.15, -0.1) is 0 Å². The van der Waals surface area contributed by atoms with Crippen molar-refractivity contribution in [3.8, 4) is 0 Å². The van der Waals surface area contributed by atoms with Crippen LogP contribution in [0, 0.1) is 0 Å². The van der Waals surface area contributed by atoms with Crippen LogP contribution in [-0.4, -0.2) is 40.0 Å². The molecule has 3 nitrogen and oxygen atoms in total. The summed E-state index contributed by atoms with van der Waals surface area (Å²) in [4.78, 5) is 0. The van der Waals surface area contributed by atoms with Crippen LogP contribution in [0.15, 0.2) is 0 Å². The average Bonchev–Trinajstić information content (AvgIpc) is 2.31. The van der Waals surface area contributed by atoms with Crippen molar-refractivity contribution in [2.45, 2.75) is 45.4 Å². The molecule has 0 aromatic carbocycles. The molecular formula is C13H29NO2. The highest BCUT2D eigenvalue weighted by Crippen LogP contribution is 1.99. The van der Waals surface area contributed by atoms with Gasteiger partial charge in [-0.2, -0.15) is 0 Å². The maximum Gasteiger partial charge on any atom is 0.0587 e. The lowest BCUT2D eigenvalue weighted by atomic mass is 10.2. The van der Waals surface area contributed by atoms with Gasteiger partial charge in [0.05, 0.1) is 6.61 Å². The van der Waals surface area contributed by atoms with Gasteiger partial charge in [0.2, 0.25) is 0 Å². The molecule has 16 heavy (non-hydrogen) atoms. The van der Waals surface area contributed by atoms with Crippen molar-refractivity contribution in [1.82, 2.24) is 5.32 Å². The summed E-state index contributed by atoms with van der Waals surface area (Å²) in [6, 6.07) is 0. The predicted octanol–water partition coefficient (Wildman–Crippen LogP) is 2.60. The molecule has 0 saturated heterocycles. The van der Waals surface area contributed by atoms with Crippen LogP contribution < -0.4 is 5.32 Å². The first kappa shape index (κ1) is 15.9. The van der Waals surface area contributed by atoms with Crippen molar-refractivity contribution in [3.63, 3.8) is 0 Å². The Hall–Kier alpha value is -0.120. The molecule has 0 spiro atoms. The van der Waals surface area contributed by atoms with Gasteiger partial charge in [0.25, 0.3) is 0 Å². The van der Waals surface area contributed by atoms with E-state index in [2.05, 4.69) is 12.2 Å².